The molecule has 1 amide bonds. The minimum Gasteiger partial charge on any atom is -0.342 e. The van der Waals surface area contributed by atoms with Gasteiger partial charge in [0.1, 0.15) is 0 Å². The maximum atomic E-state index is 12.3. The van der Waals surface area contributed by atoms with Crippen LogP contribution in [0.25, 0.3) is 11.0 Å². The van der Waals surface area contributed by atoms with Gasteiger partial charge in [0, 0.05) is 19.5 Å². The zero-order valence-corrected chi connectivity index (χ0v) is 14.7. The number of carbonyl (C=O) groups excluding carboxylic acids is 1. The molecule has 2 heterocycles. The number of H-pyrrole nitrogens is 2. The molecule has 24 heavy (non-hydrogen) atoms. The number of benzene rings is 1. The van der Waals surface area contributed by atoms with Gasteiger partial charge in [-0.3, -0.25) is 4.79 Å². The Morgan fingerprint density at radius 2 is 2.12 bits per heavy atom. The Morgan fingerprint density at radius 1 is 1.33 bits per heavy atom. The van der Waals surface area contributed by atoms with Crippen LogP contribution in [0.4, 0.5) is 0 Å². The molecule has 6 nitrogen and oxygen atoms in total. The van der Waals surface area contributed by atoms with Crippen LogP contribution in [0.5, 0.6) is 0 Å². The summed E-state index contributed by atoms with van der Waals surface area (Å²) in [5, 5.41) is 3.18. The van der Waals surface area contributed by atoms with Crippen LogP contribution >= 0.6 is 12.4 Å². The van der Waals surface area contributed by atoms with Crippen molar-refractivity contribution in [2.75, 3.05) is 26.7 Å². The van der Waals surface area contributed by atoms with E-state index in [0.29, 0.717) is 12.3 Å². The molecule has 1 atom stereocenters. The van der Waals surface area contributed by atoms with Crippen LogP contribution in [-0.4, -0.2) is 47.5 Å². The van der Waals surface area contributed by atoms with Crippen molar-refractivity contribution in [3.63, 3.8) is 0 Å². The number of rotatable bonds is 6. The summed E-state index contributed by atoms with van der Waals surface area (Å²) in [6.45, 7) is 2.76. The minimum atomic E-state index is -0.183. The van der Waals surface area contributed by atoms with Gasteiger partial charge in [0.15, 0.2) is 0 Å². The molecule has 1 unspecified atom stereocenters. The summed E-state index contributed by atoms with van der Waals surface area (Å²) in [4.78, 5) is 31.0. The van der Waals surface area contributed by atoms with Gasteiger partial charge in [-0.05, 0) is 56.5 Å². The number of aromatic amines is 2. The lowest BCUT2D eigenvalue weighted by molar-refractivity contribution is -0.130. The summed E-state index contributed by atoms with van der Waals surface area (Å²) in [5.41, 5.74) is 2.61. The van der Waals surface area contributed by atoms with E-state index >= 15 is 0 Å². The Balaban J connectivity index is 0.00000208. The number of hydrogen-bond acceptors (Lipinski definition) is 3. The fourth-order valence-corrected chi connectivity index (χ4v) is 3.35. The number of carbonyl (C=O) groups is 1. The van der Waals surface area contributed by atoms with Crippen LogP contribution in [0.2, 0.25) is 0 Å². The summed E-state index contributed by atoms with van der Waals surface area (Å²) < 4.78 is 0. The Kier molecular flexibility index (Phi) is 6.45. The Bertz CT molecular complexity index is 740. The van der Waals surface area contributed by atoms with Crippen molar-refractivity contribution >= 4 is 29.3 Å². The topological polar surface area (TPSA) is 81.0 Å². The molecule has 0 bridgehead atoms. The predicted molar refractivity (Wildman–Crippen MR) is 97.7 cm³/mol. The van der Waals surface area contributed by atoms with E-state index in [0.717, 1.165) is 55.5 Å². The lowest BCUT2D eigenvalue weighted by Crippen LogP contribution is -2.30. The number of nitrogens with one attached hydrogen (secondary N) is 3. The lowest BCUT2D eigenvalue weighted by atomic mass is 10.1. The molecule has 1 aliphatic heterocycles. The first kappa shape index (κ1) is 18.5. The molecule has 0 aliphatic carbocycles. The van der Waals surface area contributed by atoms with E-state index in [9.17, 15) is 9.59 Å². The van der Waals surface area contributed by atoms with E-state index in [1.165, 1.54) is 0 Å². The molecular formula is C17H25ClN4O2. The number of hydrogen-bond donors (Lipinski definition) is 3. The first-order valence-corrected chi connectivity index (χ1v) is 8.29. The molecule has 1 aliphatic rings. The van der Waals surface area contributed by atoms with E-state index in [1.807, 2.05) is 30.1 Å². The number of aryl methyl sites for hydroxylation is 1. The quantitative estimate of drug-likeness (QED) is 0.739. The van der Waals surface area contributed by atoms with E-state index in [4.69, 9.17) is 0 Å². The molecule has 7 heteroatoms. The van der Waals surface area contributed by atoms with Crippen molar-refractivity contribution in [3.05, 3.63) is 34.2 Å². The zero-order valence-electron chi connectivity index (χ0n) is 13.9. The van der Waals surface area contributed by atoms with Gasteiger partial charge in [0.2, 0.25) is 5.91 Å². The first-order chi connectivity index (χ1) is 11.2. The number of nitrogens with zero attached hydrogens (tertiary/aromatic N) is 1. The normalized spacial score (nSPS) is 17.2. The molecule has 0 radical (unpaired) electrons. The van der Waals surface area contributed by atoms with Crippen LogP contribution in [-0.2, 0) is 11.2 Å². The molecule has 1 aromatic carbocycles. The summed E-state index contributed by atoms with van der Waals surface area (Å²) >= 11 is 0. The second-order valence-corrected chi connectivity index (χ2v) is 6.36. The van der Waals surface area contributed by atoms with E-state index in [1.54, 1.807) is 0 Å². The molecular weight excluding hydrogens is 328 g/mol. The van der Waals surface area contributed by atoms with Gasteiger partial charge < -0.3 is 20.2 Å². The van der Waals surface area contributed by atoms with Gasteiger partial charge in [0.25, 0.3) is 0 Å². The Morgan fingerprint density at radius 3 is 2.92 bits per heavy atom. The zero-order chi connectivity index (χ0) is 16.2. The first-order valence-electron chi connectivity index (χ1n) is 8.29. The van der Waals surface area contributed by atoms with Gasteiger partial charge >= 0.3 is 5.69 Å². The summed E-state index contributed by atoms with van der Waals surface area (Å²) in [7, 11) is 1.96. The van der Waals surface area contributed by atoms with E-state index in [-0.39, 0.29) is 24.0 Å². The van der Waals surface area contributed by atoms with Crippen molar-refractivity contribution in [1.29, 1.82) is 0 Å². The van der Waals surface area contributed by atoms with E-state index in [2.05, 4.69) is 15.3 Å². The molecule has 2 aromatic rings. The highest BCUT2D eigenvalue weighted by atomic mass is 35.5. The Labute approximate surface area is 147 Å². The lowest BCUT2D eigenvalue weighted by Gasteiger charge is -2.16. The molecule has 3 rings (SSSR count). The number of likely N-dealkylation sites (tertiary alicyclic amines) is 1. The van der Waals surface area contributed by atoms with Crippen LogP contribution in [0.15, 0.2) is 23.0 Å². The fourth-order valence-electron chi connectivity index (χ4n) is 3.35. The molecule has 0 saturated carbocycles. The SMILES string of the molecule is CNCC1CCN(C(=O)CCCc2ccc3[nH]c(=O)[nH]c3c2)C1.Cl. The smallest absolute Gasteiger partial charge is 0.323 e. The third kappa shape index (κ3) is 4.39. The summed E-state index contributed by atoms with van der Waals surface area (Å²) in [5.74, 6) is 0.858. The molecule has 132 valence electrons. The van der Waals surface area contributed by atoms with Crippen molar-refractivity contribution in [2.45, 2.75) is 25.7 Å². The summed E-state index contributed by atoms with van der Waals surface area (Å²) in [6, 6.07) is 5.90. The number of imidazole rings is 1. The number of halogens is 1. The maximum Gasteiger partial charge on any atom is 0.323 e. The maximum absolute atomic E-state index is 12.3. The fraction of sp³-hybridized carbons (Fsp3) is 0.529. The van der Waals surface area contributed by atoms with Gasteiger partial charge in [0.05, 0.1) is 11.0 Å². The number of aromatic nitrogens is 2. The van der Waals surface area contributed by atoms with Crippen LogP contribution in [0.3, 0.4) is 0 Å². The standard InChI is InChI=1S/C17H24N4O2.ClH/c1-18-10-13-7-8-21(11-13)16(22)4-2-3-12-5-6-14-15(9-12)20-17(23)19-14;/h5-6,9,13,18H,2-4,7-8,10-11H2,1H3,(H2,19,20,23);1H. The molecule has 1 aromatic heterocycles. The predicted octanol–water partition coefficient (Wildman–Crippen LogP) is 1.67. The third-order valence-corrected chi connectivity index (χ3v) is 4.57. The van der Waals surface area contributed by atoms with Crippen molar-refractivity contribution in [3.8, 4) is 0 Å². The van der Waals surface area contributed by atoms with Crippen LogP contribution < -0.4 is 11.0 Å². The van der Waals surface area contributed by atoms with Crippen molar-refractivity contribution in [2.24, 2.45) is 5.92 Å². The summed E-state index contributed by atoms with van der Waals surface area (Å²) in [6.07, 6.45) is 3.38. The van der Waals surface area contributed by atoms with Crippen LogP contribution in [0, 0.1) is 5.92 Å². The third-order valence-electron chi connectivity index (χ3n) is 4.57. The van der Waals surface area contributed by atoms with Crippen molar-refractivity contribution in [1.82, 2.24) is 20.2 Å². The average Bonchev–Trinajstić information content (AvgIpc) is 3.12. The average molecular weight is 353 g/mol. The second kappa shape index (κ2) is 8.35. The molecule has 0 spiro atoms. The Hall–Kier alpha value is -1.79. The monoisotopic (exact) mass is 352 g/mol. The minimum absolute atomic E-state index is 0. The van der Waals surface area contributed by atoms with Gasteiger partial charge in [-0.1, -0.05) is 6.07 Å². The molecule has 1 saturated heterocycles. The second-order valence-electron chi connectivity index (χ2n) is 6.36. The van der Waals surface area contributed by atoms with Crippen molar-refractivity contribution < 1.29 is 4.79 Å². The largest absolute Gasteiger partial charge is 0.342 e. The van der Waals surface area contributed by atoms with Crippen LogP contribution in [0.1, 0.15) is 24.8 Å². The highest BCUT2D eigenvalue weighted by Crippen LogP contribution is 2.18. The molecule has 3 N–H and O–H groups in total. The number of fused-ring (bicyclic) bond motifs is 1. The van der Waals surface area contributed by atoms with Gasteiger partial charge in [-0.15, -0.1) is 12.4 Å². The molecule has 1 fully saturated rings. The van der Waals surface area contributed by atoms with Gasteiger partial charge in [-0.2, -0.15) is 0 Å². The van der Waals surface area contributed by atoms with E-state index < -0.39 is 0 Å². The highest BCUT2D eigenvalue weighted by molar-refractivity contribution is 5.85. The highest BCUT2D eigenvalue weighted by Gasteiger charge is 2.25. The van der Waals surface area contributed by atoms with Gasteiger partial charge in [-0.25, -0.2) is 4.79 Å². The number of amides is 1.